The summed E-state index contributed by atoms with van der Waals surface area (Å²) in [7, 11) is 0. The average Bonchev–Trinajstić information content (AvgIpc) is 2.28. The highest BCUT2D eigenvalue weighted by molar-refractivity contribution is 5.96. The maximum Gasteiger partial charge on any atom is 0.270 e. The van der Waals surface area contributed by atoms with Crippen molar-refractivity contribution >= 4 is 24.0 Å². The van der Waals surface area contributed by atoms with Crippen LogP contribution in [0.5, 0.6) is 0 Å². The van der Waals surface area contributed by atoms with E-state index in [0.29, 0.717) is 17.7 Å². The number of benzene rings is 1. The summed E-state index contributed by atoms with van der Waals surface area (Å²) in [6, 6.07) is 4.04. The van der Waals surface area contributed by atoms with Gasteiger partial charge < -0.3 is 11.1 Å². The van der Waals surface area contributed by atoms with E-state index in [1.807, 2.05) is 0 Å². The molecule has 18 heavy (non-hydrogen) atoms. The number of hydrogen-bond acceptors (Lipinski definition) is 4. The first-order valence-electron chi connectivity index (χ1n) is 5.21. The van der Waals surface area contributed by atoms with Gasteiger partial charge >= 0.3 is 0 Å². The number of nitro benzene ring substituents is 1. The lowest BCUT2D eigenvalue weighted by molar-refractivity contribution is -0.384. The molecule has 0 saturated carbocycles. The lowest BCUT2D eigenvalue weighted by Crippen LogP contribution is -2.38. The molecule has 3 N–H and O–H groups in total. The Morgan fingerprint density at radius 3 is 2.67 bits per heavy atom. The smallest absolute Gasteiger partial charge is 0.270 e. The Kier molecular flexibility index (Phi) is 6.29. The fourth-order valence-electron chi connectivity index (χ4n) is 1.33. The molecule has 1 atom stereocenters. The van der Waals surface area contributed by atoms with Crippen LogP contribution in [-0.4, -0.2) is 23.4 Å². The highest BCUT2D eigenvalue weighted by Crippen LogP contribution is 2.17. The molecule has 1 amide bonds. The molecule has 0 aromatic heterocycles. The van der Waals surface area contributed by atoms with E-state index in [1.54, 1.807) is 19.9 Å². The van der Waals surface area contributed by atoms with Crippen molar-refractivity contribution in [3.63, 3.8) is 0 Å². The minimum absolute atomic E-state index is 0. The Bertz CT molecular complexity index is 451. The zero-order valence-electron chi connectivity index (χ0n) is 10.2. The Morgan fingerprint density at radius 2 is 2.17 bits per heavy atom. The van der Waals surface area contributed by atoms with Crippen LogP contribution < -0.4 is 11.1 Å². The number of nitro groups is 1. The van der Waals surface area contributed by atoms with Gasteiger partial charge in [0.05, 0.1) is 4.92 Å². The van der Waals surface area contributed by atoms with Crippen molar-refractivity contribution in [2.24, 2.45) is 5.73 Å². The number of nitrogens with one attached hydrogen (secondary N) is 1. The topological polar surface area (TPSA) is 98.3 Å². The first kappa shape index (κ1) is 16.3. The molecule has 0 fully saturated rings. The lowest BCUT2D eigenvalue weighted by Gasteiger charge is -2.12. The Morgan fingerprint density at radius 1 is 1.56 bits per heavy atom. The number of nitrogens with two attached hydrogens (primary N) is 1. The lowest BCUT2D eigenvalue weighted by atomic mass is 10.1. The predicted octanol–water partition coefficient (Wildman–Crippen LogP) is 1.40. The van der Waals surface area contributed by atoms with Crippen LogP contribution >= 0.6 is 12.4 Å². The van der Waals surface area contributed by atoms with Gasteiger partial charge in [-0.2, -0.15) is 0 Å². The predicted molar refractivity (Wildman–Crippen MR) is 71.1 cm³/mol. The van der Waals surface area contributed by atoms with E-state index in [-0.39, 0.29) is 30.0 Å². The van der Waals surface area contributed by atoms with Crippen LogP contribution in [0.4, 0.5) is 5.69 Å². The number of carbonyl (C=O) groups is 1. The van der Waals surface area contributed by atoms with Crippen LogP contribution in [-0.2, 0) is 0 Å². The van der Waals surface area contributed by atoms with Crippen LogP contribution in [0.1, 0.15) is 22.8 Å². The van der Waals surface area contributed by atoms with Crippen molar-refractivity contribution < 1.29 is 9.72 Å². The summed E-state index contributed by atoms with van der Waals surface area (Å²) in [5.41, 5.74) is 6.29. The van der Waals surface area contributed by atoms with E-state index < -0.39 is 4.92 Å². The minimum atomic E-state index is -0.525. The van der Waals surface area contributed by atoms with E-state index in [2.05, 4.69) is 5.32 Å². The van der Waals surface area contributed by atoms with Gasteiger partial charge in [0.2, 0.25) is 0 Å². The maximum atomic E-state index is 11.8. The zero-order valence-corrected chi connectivity index (χ0v) is 11.0. The third-order valence-corrected chi connectivity index (χ3v) is 2.41. The molecule has 1 aromatic carbocycles. The summed E-state index contributed by atoms with van der Waals surface area (Å²) < 4.78 is 0. The van der Waals surface area contributed by atoms with Crippen molar-refractivity contribution in [1.82, 2.24) is 5.32 Å². The number of nitrogens with zero attached hydrogens (tertiary/aromatic N) is 1. The Hall–Kier alpha value is -1.66. The number of halogens is 1. The third kappa shape index (κ3) is 3.97. The Labute approximate surface area is 111 Å². The highest BCUT2D eigenvalue weighted by atomic mass is 35.5. The second-order valence-electron chi connectivity index (χ2n) is 3.87. The number of aryl methyl sites for hydroxylation is 1. The fraction of sp³-hybridized carbons (Fsp3) is 0.364. The van der Waals surface area contributed by atoms with E-state index in [1.165, 1.54) is 12.1 Å². The molecule has 1 aromatic rings. The van der Waals surface area contributed by atoms with Gasteiger partial charge in [-0.1, -0.05) is 6.07 Å². The van der Waals surface area contributed by atoms with E-state index in [4.69, 9.17) is 5.73 Å². The molecule has 0 aliphatic carbocycles. The van der Waals surface area contributed by atoms with E-state index in [9.17, 15) is 14.9 Å². The quantitative estimate of drug-likeness (QED) is 0.640. The molecule has 0 unspecified atom stereocenters. The first-order chi connectivity index (χ1) is 7.95. The molecule has 0 bridgehead atoms. The van der Waals surface area contributed by atoms with Crippen molar-refractivity contribution in [2.45, 2.75) is 19.9 Å². The number of non-ortho nitro benzene ring substituents is 1. The summed E-state index contributed by atoms with van der Waals surface area (Å²) in [5, 5.41) is 13.3. The summed E-state index contributed by atoms with van der Waals surface area (Å²) >= 11 is 0. The van der Waals surface area contributed by atoms with E-state index >= 15 is 0 Å². The standard InChI is InChI=1S/C11H15N3O3.ClH/c1-7-3-4-9(14(16)17)5-10(7)11(15)13-8(2)6-12;/h3-5,8H,6,12H2,1-2H3,(H,13,15);1H/t8-;/m1./s1. The van der Waals surface area contributed by atoms with Crippen LogP contribution in [0.25, 0.3) is 0 Å². The summed E-state index contributed by atoms with van der Waals surface area (Å²) in [6.07, 6.45) is 0. The molecule has 0 saturated heterocycles. The molecule has 0 heterocycles. The van der Waals surface area contributed by atoms with Gasteiger partial charge in [0.25, 0.3) is 11.6 Å². The average molecular weight is 274 g/mol. The van der Waals surface area contributed by atoms with Gasteiger partial charge in [-0.05, 0) is 19.4 Å². The summed E-state index contributed by atoms with van der Waals surface area (Å²) in [4.78, 5) is 21.9. The first-order valence-corrected chi connectivity index (χ1v) is 5.21. The van der Waals surface area contributed by atoms with E-state index in [0.717, 1.165) is 0 Å². The van der Waals surface area contributed by atoms with Crippen LogP contribution in [0, 0.1) is 17.0 Å². The minimum Gasteiger partial charge on any atom is -0.348 e. The van der Waals surface area contributed by atoms with Crippen molar-refractivity contribution in [3.05, 3.63) is 39.4 Å². The van der Waals surface area contributed by atoms with Gasteiger partial charge in [-0.3, -0.25) is 14.9 Å². The fourth-order valence-corrected chi connectivity index (χ4v) is 1.33. The van der Waals surface area contributed by atoms with Crippen LogP contribution in [0.15, 0.2) is 18.2 Å². The van der Waals surface area contributed by atoms with Gasteiger partial charge in [-0.25, -0.2) is 0 Å². The normalized spacial score (nSPS) is 11.3. The van der Waals surface area contributed by atoms with Crippen molar-refractivity contribution in [1.29, 1.82) is 0 Å². The second-order valence-corrected chi connectivity index (χ2v) is 3.87. The molecule has 1 rings (SSSR count). The molecule has 0 aliphatic heterocycles. The number of carbonyl (C=O) groups excluding carboxylic acids is 1. The van der Waals surface area contributed by atoms with Gasteiger partial charge in [-0.15, -0.1) is 12.4 Å². The third-order valence-electron chi connectivity index (χ3n) is 2.41. The molecule has 7 heteroatoms. The maximum absolute atomic E-state index is 11.8. The molecule has 100 valence electrons. The zero-order chi connectivity index (χ0) is 13.0. The van der Waals surface area contributed by atoms with Crippen LogP contribution in [0.2, 0.25) is 0 Å². The molecular formula is C11H16ClN3O3. The molecular weight excluding hydrogens is 258 g/mol. The van der Waals surface area contributed by atoms with Gasteiger partial charge in [0, 0.05) is 30.3 Å². The molecule has 6 nitrogen and oxygen atoms in total. The number of amides is 1. The van der Waals surface area contributed by atoms with Crippen molar-refractivity contribution in [2.75, 3.05) is 6.54 Å². The second kappa shape index (κ2) is 6.93. The Balaban J connectivity index is 0.00000289. The summed E-state index contributed by atoms with van der Waals surface area (Å²) in [5.74, 6) is -0.343. The number of rotatable bonds is 4. The van der Waals surface area contributed by atoms with Crippen molar-refractivity contribution in [3.8, 4) is 0 Å². The highest BCUT2D eigenvalue weighted by Gasteiger charge is 2.15. The van der Waals surface area contributed by atoms with Crippen LogP contribution in [0.3, 0.4) is 0 Å². The summed E-state index contributed by atoms with van der Waals surface area (Å²) in [6.45, 7) is 3.82. The molecule has 0 aliphatic rings. The monoisotopic (exact) mass is 273 g/mol. The molecule has 0 spiro atoms. The van der Waals surface area contributed by atoms with Gasteiger partial charge in [0.1, 0.15) is 0 Å². The SMILES string of the molecule is Cc1ccc([N+](=O)[O-])cc1C(=O)N[C@H](C)CN.Cl. The largest absolute Gasteiger partial charge is 0.348 e. The number of hydrogen-bond donors (Lipinski definition) is 2. The van der Waals surface area contributed by atoms with Gasteiger partial charge in [0.15, 0.2) is 0 Å². The molecule has 0 radical (unpaired) electrons.